The van der Waals surface area contributed by atoms with Gasteiger partial charge in [-0.25, -0.2) is 0 Å². The van der Waals surface area contributed by atoms with Gasteiger partial charge in [0.25, 0.3) is 0 Å². The number of aliphatic hydroxyl groups is 2. The van der Waals surface area contributed by atoms with E-state index in [1.807, 2.05) is 6.92 Å². The molecule has 0 aromatic carbocycles. The number of hydrogen-bond acceptors (Lipinski definition) is 3. The summed E-state index contributed by atoms with van der Waals surface area (Å²) in [6, 6.07) is 0. The zero-order chi connectivity index (χ0) is 11.5. The molecule has 2 N–H and O–H groups in total. The maximum atomic E-state index is 11.6. The first-order chi connectivity index (χ1) is 6.91. The van der Waals surface area contributed by atoms with E-state index in [4.69, 9.17) is 5.11 Å². The van der Waals surface area contributed by atoms with E-state index < -0.39 is 11.7 Å². The van der Waals surface area contributed by atoms with Crippen molar-refractivity contribution >= 4 is 5.91 Å². The summed E-state index contributed by atoms with van der Waals surface area (Å²) in [4.78, 5) is 13.4. The second kappa shape index (κ2) is 4.94. The van der Waals surface area contributed by atoms with Crippen molar-refractivity contribution in [3.63, 3.8) is 0 Å². The van der Waals surface area contributed by atoms with E-state index in [2.05, 4.69) is 0 Å². The minimum atomic E-state index is -0.610. The fraction of sp³-hybridized carbons (Fsp3) is 0.909. The lowest BCUT2D eigenvalue weighted by molar-refractivity contribution is -0.135. The fourth-order valence-electron chi connectivity index (χ4n) is 1.73. The van der Waals surface area contributed by atoms with Gasteiger partial charge in [-0.1, -0.05) is 0 Å². The largest absolute Gasteiger partial charge is 0.393 e. The molecule has 1 saturated heterocycles. The molecule has 1 amide bonds. The van der Waals surface area contributed by atoms with Gasteiger partial charge < -0.3 is 15.1 Å². The highest BCUT2D eigenvalue weighted by Gasteiger charge is 2.29. The molecule has 15 heavy (non-hydrogen) atoms. The van der Waals surface area contributed by atoms with Gasteiger partial charge in [0.15, 0.2) is 0 Å². The monoisotopic (exact) mass is 215 g/mol. The Hall–Kier alpha value is -0.610. The van der Waals surface area contributed by atoms with Crippen molar-refractivity contribution in [3.05, 3.63) is 0 Å². The van der Waals surface area contributed by atoms with E-state index in [1.54, 1.807) is 11.8 Å². The van der Waals surface area contributed by atoms with Gasteiger partial charge in [0.05, 0.1) is 11.7 Å². The quantitative estimate of drug-likeness (QED) is 0.721. The van der Waals surface area contributed by atoms with Crippen LogP contribution in [0.1, 0.15) is 39.5 Å². The van der Waals surface area contributed by atoms with Gasteiger partial charge in [-0.3, -0.25) is 4.79 Å². The van der Waals surface area contributed by atoms with E-state index in [0.29, 0.717) is 38.8 Å². The lowest BCUT2D eigenvalue weighted by Crippen LogP contribution is -2.45. The topological polar surface area (TPSA) is 60.8 Å². The molecule has 1 fully saturated rings. The third-order valence-electron chi connectivity index (χ3n) is 2.97. The minimum Gasteiger partial charge on any atom is -0.393 e. The third kappa shape index (κ3) is 4.18. The van der Waals surface area contributed by atoms with E-state index in [1.165, 1.54) is 0 Å². The first kappa shape index (κ1) is 12.5. The number of hydrogen-bond donors (Lipinski definition) is 2. The van der Waals surface area contributed by atoms with Gasteiger partial charge in [-0.15, -0.1) is 0 Å². The molecule has 0 radical (unpaired) electrons. The molecule has 1 rings (SSSR count). The molecule has 4 heteroatoms. The van der Waals surface area contributed by atoms with Crippen LogP contribution in [0.2, 0.25) is 0 Å². The van der Waals surface area contributed by atoms with Crippen molar-refractivity contribution < 1.29 is 15.0 Å². The van der Waals surface area contributed by atoms with Crippen molar-refractivity contribution in [3.8, 4) is 0 Å². The summed E-state index contributed by atoms with van der Waals surface area (Å²) < 4.78 is 0. The fourth-order valence-corrected chi connectivity index (χ4v) is 1.73. The normalized spacial score (nSPS) is 22.5. The molecule has 1 aliphatic heterocycles. The van der Waals surface area contributed by atoms with Crippen LogP contribution in [0.3, 0.4) is 0 Å². The molecule has 0 aliphatic carbocycles. The number of amides is 1. The molecule has 1 unspecified atom stereocenters. The highest BCUT2D eigenvalue weighted by atomic mass is 16.3. The van der Waals surface area contributed by atoms with Gasteiger partial charge in [-0.2, -0.15) is 0 Å². The van der Waals surface area contributed by atoms with Gasteiger partial charge >= 0.3 is 0 Å². The van der Waals surface area contributed by atoms with Crippen LogP contribution in [0.4, 0.5) is 0 Å². The van der Waals surface area contributed by atoms with E-state index in [9.17, 15) is 9.90 Å². The molecule has 88 valence electrons. The number of rotatable bonds is 3. The summed E-state index contributed by atoms with van der Waals surface area (Å²) >= 11 is 0. The van der Waals surface area contributed by atoms with E-state index >= 15 is 0 Å². The summed E-state index contributed by atoms with van der Waals surface area (Å²) in [6.45, 7) is 4.76. The second-order valence-electron chi connectivity index (χ2n) is 4.77. The number of piperidine rings is 1. The first-order valence-corrected chi connectivity index (χ1v) is 5.59. The zero-order valence-corrected chi connectivity index (χ0v) is 9.57. The molecule has 1 heterocycles. The van der Waals surface area contributed by atoms with Crippen LogP contribution in [0.5, 0.6) is 0 Å². The van der Waals surface area contributed by atoms with Gasteiger partial charge in [0.1, 0.15) is 0 Å². The van der Waals surface area contributed by atoms with E-state index in [0.717, 1.165) is 0 Å². The molecular formula is C11H21NO3. The maximum absolute atomic E-state index is 11.6. The predicted molar refractivity (Wildman–Crippen MR) is 57.4 cm³/mol. The Morgan fingerprint density at radius 1 is 1.47 bits per heavy atom. The van der Waals surface area contributed by atoms with Crippen LogP contribution >= 0.6 is 0 Å². The number of carbonyl (C=O) groups excluding carboxylic acids is 1. The minimum absolute atomic E-state index is 0.0893. The summed E-state index contributed by atoms with van der Waals surface area (Å²) in [6.07, 6.45) is 1.80. The van der Waals surface area contributed by atoms with E-state index in [-0.39, 0.29) is 5.91 Å². The summed E-state index contributed by atoms with van der Waals surface area (Å²) in [5, 5.41) is 18.8. The highest BCUT2D eigenvalue weighted by molar-refractivity contribution is 5.76. The molecule has 0 aromatic rings. The smallest absolute Gasteiger partial charge is 0.222 e. The van der Waals surface area contributed by atoms with Gasteiger partial charge in [0.2, 0.25) is 5.91 Å². The molecule has 0 saturated carbocycles. The second-order valence-corrected chi connectivity index (χ2v) is 4.77. The van der Waals surface area contributed by atoms with Crippen molar-refractivity contribution in [2.45, 2.75) is 51.2 Å². The molecule has 4 nitrogen and oxygen atoms in total. The SMILES string of the molecule is CC(O)CCC(=O)N1CCC(C)(O)CC1. The lowest BCUT2D eigenvalue weighted by atomic mass is 9.93. The van der Waals surface area contributed by atoms with Crippen molar-refractivity contribution in [1.82, 2.24) is 4.90 Å². The van der Waals surface area contributed by atoms with Crippen LogP contribution in [-0.2, 0) is 4.79 Å². The Labute approximate surface area is 90.9 Å². The van der Waals surface area contributed by atoms with Crippen molar-refractivity contribution in [2.24, 2.45) is 0 Å². The third-order valence-corrected chi connectivity index (χ3v) is 2.97. The Bertz CT molecular complexity index is 216. The number of aliphatic hydroxyl groups excluding tert-OH is 1. The van der Waals surface area contributed by atoms with Gasteiger partial charge in [-0.05, 0) is 33.1 Å². The molecule has 1 atom stereocenters. The van der Waals surface area contributed by atoms with Crippen molar-refractivity contribution in [2.75, 3.05) is 13.1 Å². The Balaban J connectivity index is 2.30. The van der Waals surface area contributed by atoms with Crippen LogP contribution < -0.4 is 0 Å². The predicted octanol–water partition coefficient (Wildman–Crippen LogP) is 0.521. The summed E-state index contributed by atoms with van der Waals surface area (Å²) in [7, 11) is 0. The molecule has 0 spiro atoms. The Kier molecular flexibility index (Phi) is 4.11. The summed E-state index contributed by atoms with van der Waals surface area (Å²) in [5.74, 6) is 0.0893. The maximum Gasteiger partial charge on any atom is 0.222 e. The standard InChI is InChI=1S/C11H21NO3/c1-9(13)3-4-10(14)12-7-5-11(2,15)6-8-12/h9,13,15H,3-8H2,1-2H3. The first-order valence-electron chi connectivity index (χ1n) is 5.59. The highest BCUT2D eigenvalue weighted by Crippen LogP contribution is 2.21. The number of carbonyl (C=O) groups is 1. The molecular weight excluding hydrogens is 194 g/mol. The zero-order valence-electron chi connectivity index (χ0n) is 9.57. The van der Waals surface area contributed by atoms with Crippen LogP contribution in [-0.4, -0.2) is 45.8 Å². The van der Waals surface area contributed by atoms with Crippen molar-refractivity contribution in [1.29, 1.82) is 0 Å². The van der Waals surface area contributed by atoms with Gasteiger partial charge in [0, 0.05) is 19.5 Å². The number of nitrogens with zero attached hydrogens (tertiary/aromatic N) is 1. The van der Waals surface area contributed by atoms with Crippen LogP contribution in [0, 0.1) is 0 Å². The molecule has 0 bridgehead atoms. The number of likely N-dealkylation sites (tertiary alicyclic amines) is 1. The Morgan fingerprint density at radius 3 is 2.47 bits per heavy atom. The Morgan fingerprint density at radius 2 is 2.00 bits per heavy atom. The molecule has 1 aliphatic rings. The van der Waals surface area contributed by atoms with Crippen LogP contribution in [0.15, 0.2) is 0 Å². The average molecular weight is 215 g/mol. The lowest BCUT2D eigenvalue weighted by Gasteiger charge is -2.35. The van der Waals surface area contributed by atoms with Crippen LogP contribution in [0.25, 0.3) is 0 Å². The molecule has 0 aromatic heterocycles. The average Bonchev–Trinajstić information content (AvgIpc) is 2.14. The summed E-state index contributed by atoms with van der Waals surface area (Å²) in [5.41, 5.74) is -0.610.